The van der Waals surface area contributed by atoms with E-state index in [4.69, 9.17) is 37.0 Å². The predicted molar refractivity (Wildman–Crippen MR) is 358 cm³/mol. The van der Waals surface area contributed by atoms with Crippen LogP contribution in [0.2, 0.25) is 0 Å². The number of ether oxygens (including phenoxy) is 4. The third-order valence-corrected chi connectivity index (χ3v) is 17.4. The van der Waals surface area contributed by atoms with Crippen molar-refractivity contribution in [2.45, 2.75) is 343 Å². The summed E-state index contributed by atoms with van der Waals surface area (Å²) in [6, 6.07) is 0. The molecule has 0 saturated carbocycles. The molecule has 0 heterocycles. The van der Waals surface area contributed by atoms with E-state index < -0.39 is 97.5 Å². The molecule has 0 saturated heterocycles. The Morgan fingerprint density at radius 1 is 0.348 bits per heavy atom. The second kappa shape index (κ2) is 60.5. The molecule has 0 aliphatic rings. The fraction of sp³-hybridized carbons (Fsp3) is 0.886. The molecule has 0 aromatic rings. The van der Waals surface area contributed by atoms with Crippen molar-refractivity contribution in [2.24, 2.45) is 17.8 Å². The van der Waals surface area contributed by atoms with Crippen LogP contribution in [0.15, 0.2) is 24.3 Å². The Balaban J connectivity index is 5.22. The third-order valence-electron chi connectivity index (χ3n) is 15.5. The highest BCUT2D eigenvalue weighted by atomic mass is 31.2. The summed E-state index contributed by atoms with van der Waals surface area (Å²) in [4.78, 5) is 72.4. The number of hydrogen-bond donors (Lipinski definition) is 3. The Labute approximate surface area is 542 Å². The maximum absolute atomic E-state index is 13.0. The molecule has 0 rings (SSSR count). The summed E-state index contributed by atoms with van der Waals surface area (Å²) in [7, 11) is -9.91. The topological polar surface area (TPSA) is 237 Å². The van der Waals surface area contributed by atoms with Gasteiger partial charge in [0.15, 0.2) is 12.2 Å². The van der Waals surface area contributed by atoms with Crippen LogP contribution in [-0.2, 0) is 65.4 Å². The maximum Gasteiger partial charge on any atom is 0.472 e. The normalized spacial score (nSPS) is 14.4. The molecule has 0 aromatic heterocycles. The first-order valence-electron chi connectivity index (χ1n) is 35.7. The Kier molecular flexibility index (Phi) is 58.8. The average molecular weight is 1310 g/mol. The number of phosphoric acid groups is 2. The van der Waals surface area contributed by atoms with Crippen LogP contribution >= 0.6 is 15.6 Å². The second-order valence-corrected chi connectivity index (χ2v) is 28.9. The van der Waals surface area contributed by atoms with Crippen LogP contribution in [0, 0.1) is 17.8 Å². The predicted octanol–water partition coefficient (Wildman–Crippen LogP) is 19.4. The zero-order valence-corrected chi connectivity index (χ0v) is 59.2. The van der Waals surface area contributed by atoms with Crippen LogP contribution < -0.4 is 0 Å². The SMILES string of the molecule is CCCCCC/C=C\C=C/CCCCCCCC(=O)O[C@H](COC(=O)CCCCCCCCC(C)C)COP(=O)(O)OC[C@H](O)COP(=O)(O)OC[C@@H](COC(=O)CCCCCCCCCCCCCCCC(C)C)OC(=O)CCCCCCCCC(C)C. The number of aliphatic hydroxyl groups excluding tert-OH is 1. The lowest BCUT2D eigenvalue weighted by Gasteiger charge is -2.21. The molecule has 5 atom stereocenters. The summed E-state index contributed by atoms with van der Waals surface area (Å²) in [6.07, 6.45) is 47.0. The highest BCUT2D eigenvalue weighted by molar-refractivity contribution is 7.47. The second-order valence-electron chi connectivity index (χ2n) is 26.0. The summed E-state index contributed by atoms with van der Waals surface area (Å²) < 4.78 is 68.1. The van der Waals surface area contributed by atoms with E-state index in [0.717, 1.165) is 115 Å². The van der Waals surface area contributed by atoms with Gasteiger partial charge in [-0.05, 0) is 69.1 Å². The number of carbonyl (C=O) groups is 4. The largest absolute Gasteiger partial charge is 0.472 e. The molecular formula is C70H132O17P2. The fourth-order valence-corrected chi connectivity index (χ4v) is 11.6. The van der Waals surface area contributed by atoms with Crippen molar-refractivity contribution in [3.63, 3.8) is 0 Å². The molecule has 0 aromatic carbocycles. The zero-order chi connectivity index (χ0) is 65.9. The summed E-state index contributed by atoms with van der Waals surface area (Å²) in [5.74, 6) is -0.0306. The molecule has 524 valence electrons. The molecule has 2 unspecified atom stereocenters. The first-order chi connectivity index (χ1) is 42.7. The van der Waals surface area contributed by atoms with Crippen LogP contribution in [0.5, 0.6) is 0 Å². The molecule has 0 bridgehead atoms. The van der Waals surface area contributed by atoms with E-state index in [-0.39, 0.29) is 25.7 Å². The molecule has 0 aliphatic carbocycles. The van der Waals surface area contributed by atoms with Gasteiger partial charge in [-0.15, -0.1) is 0 Å². The number of rotatable bonds is 66. The van der Waals surface area contributed by atoms with Crippen molar-refractivity contribution in [2.75, 3.05) is 39.6 Å². The van der Waals surface area contributed by atoms with Gasteiger partial charge in [0, 0.05) is 25.7 Å². The van der Waals surface area contributed by atoms with Gasteiger partial charge in [0.25, 0.3) is 0 Å². The van der Waals surface area contributed by atoms with Crippen molar-refractivity contribution in [1.82, 2.24) is 0 Å². The van der Waals surface area contributed by atoms with Crippen LogP contribution in [0.4, 0.5) is 0 Å². The quantitative estimate of drug-likeness (QED) is 0.0169. The Bertz CT molecular complexity index is 1840. The fourth-order valence-electron chi connectivity index (χ4n) is 10.0. The molecule has 17 nitrogen and oxygen atoms in total. The van der Waals surface area contributed by atoms with Crippen molar-refractivity contribution in [3.8, 4) is 0 Å². The lowest BCUT2D eigenvalue weighted by molar-refractivity contribution is -0.161. The van der Waals surface area contributed by atoms with Crippen molar-refractivity contribution < 1.29 is 80.2 Å². The number of unbranched alkanes of at least 4 members (excludes halogenated alkanes) is 31. The minimum Gasteiger partial charge on any atom is -0.462 e. The summed E-state index contributed by atoms with van der Waals surface area (Å²) in [6.45, 7) is 11.6. The van der Waals surface area contributed by atoms with Crippen LogP contribution in [-0.4, -0.2) is 96.7 Å². The van der Waals surface area contributed by atoms with Gasteiger partial charge in [0.1, 0.15) is 19.3 Å². The molecule has 0 aliphatic heterocycles. The molecule has 89 heavy (non-hydrogen) atoms. The van der Waals surface area contributed by atoms with Crippen molar-refractivity contribution >= 4 is 39.5 Å². The molecule has 0 fully saturated rings. The minimum absolute atomic E-state index is 0.0834. The molecule has 3 N–H and O–H groups in total. The van der Waals surface area contributed by atoms with E-state index >= 15 is 0 Å². The van der Waals surface area contributed by atoms with Gasteiger partial charge in [0.2, 0.25) is 0 Å². The monoisotopic (exact) mass is 1310 g/mol. The summed E-state index contributed by atoms with van der Waals surface area (Å²) >= 11 is 0. The first kappa shape index (κ1) is 86.5. The highest BCUT2D eigenvalue weighted by Crippen LogP contribution is 2.45. The van der Waals surface area contributed by atoms with Gasteiger partial charge in [-0.3, -0.25) is 37.3 Å². The Hall–Kier alpha value is -2.46. The molecule has 0 spiro atoms. The molecular weight excluding hydrogens is 1170 g/mol. The van der Waals surface area contributed by atoms with Crippen molar-refractivity contribution in [1.29, 1.82) is 0 Å². The number of carbonyl (C=O) groups excluding carboxylic acids is 4. The number of esters is 4. The van der Waals surface area contributed by atoms with Crippen LogP contribution in [0.3, 0.4) is 0 Å². The standard InChI is InChI=1S/C70H132O17P2/c1-8-9-10-11-12-13-14-15-16-19-23-26-29-39-46-53-69(74)86-65(58-81-68(73)52-45-38-32-30-35-42-49-62(4)5)59-84-88(76,77)82-55-64(71)56-83-89(78,79)85-60-66(87-70(75)54-47-40-33-31-36-43-50-63(6)7)57-80-67(72)51-44-37-28-25-22-20-17-18-21-24-27-34-41-48-61(2)3/h13-16,61-66,71H,8-12,17-60H2,1-7H3,(H,76,77)(H,78,79)/b14-13-,16-15-/t64-,65+,66+/m0/s1. The van der Waals surface area contributed by atoms with E-state index in [2.05, 4.69) is 72.8 Å². The van der Waals surface area contributed by atoms with Gasteiger partial charge >= 0.3 is 39.5 Å². The van der Waals surface area contributed by atoms with Gasteiger partial charge in [-0.2, -0.15) is 0 Å². The van der Waals surface area contributed by atoms with Gasteiger partial charge in [0.05, 0.1) is 26.4 Å². The van der Waals surface area contributed by atoms with Crippen LogP contribution in [0.25, 0.3) is 0 Å². The van der Waals surface area contributed by atoms with E-state index in [9.17, 15) is 43.2 Å². The average Bonchev–Trinajstić information content (AvgIpc) is 3.70. The number of allylic oxidation sites excluding steroid dienone is 4. The Morgan fingerprint density at radius 3 is 0.910 bits per heavy atom. The highest BCUT2D eigenvalue weighted by Gasteiger charge is 2.30. The van der Waals surface area contributed by atoms with Crippen LogP contribution in [0.1, 0.15) is 325 Å². The third kappa shape index (κ3) is 64.1. The minimum atomic E-state index is -4.96. The van der Waals surface area contributed by atoms with E-state index in [1.54, 1.807) is 0 Å². The number of hydrogen-bond acceptors (Lipinski definition) is 15. The lowest BCUT2D eigenvalue weighted by atomic mass is 10.0. The van der Waals surface area contributed by atoms with E-state index in [1.807, 2.05) is 0 Å². The zero-order valence-electron chi connectivity index (χ0n) is 57.4. The lowest BCUT2D eigenvalue weighted by Crippen LogP contribution is -2.30. The van der Waals surface area contributed by atoms with Gasteiger partial charge < -0.3 is 33.8 Å². The first-order valence-corrected chi connectivity index (χ1v) is 38.7. The van der Waals surface area contributed by atoms with Crippen molar-refractivity contribution in [3.05, 3.63) is 24.3 Å². The maximum atomic E-state index is 13.0. The summed E-state index contributed by atoms with van der Waals surface area (Å²) in [5, 5.41) is 10.6. The van der Waals surface area contributed by atoms with E-state index in [0.29, 0.717) is 37.5 Å². The smallest absolute Gasteiger partial charge is 0.462 e. The Morgan fingerprint density at radius 2 is 0.607 bits per heavy atom. The molecule has 19 heteroatoms. The number of phosphoric ester groups is 2. The summed E-state index contributed by atoms with van der Waals surface area (Å²) in [5.41, 5.74) is 0. The van der Waals surface area contributed by atoms with E-state index in [1.165, 1.54) is 116 Å². The van der Waals surface area contributed by atoms with Gasteiger partial charge in [-0.1, -0.05) is 272 Å². The number of aliphatic hydroxyl groups is 1. The molecule has 0 radical (unpaired) electrons. The molecule has 0 amide bonds. The van der Waals surface area contributed by atoms with Gasteiger partial charge in [-0.25, -0.2) is 9.13 Å².